The summed E-state index contributed by atoms with van der Waals surface area (Å²) in [6.07, 6.45) is 7.67. The van der Waals surface area contributed by atoms with Gasteiger partial charge >= 0.3 is 6.09 Å². The van der Waals surface area contributed by atoms with Gasteiger partial charge in [0, 0.05) is 61.8 Å². The van der Waals surface area contributed by atoms with E-state index >= 15 is 4.39 Å². The zero-order chi connectivity index (χ0) is 38.8. The summed E-state index contributed by atoms with van der Waals surface area (Å²) in [4.78, 5) is 33.5. The van der Waals surface area contributed by atoms with Crippen LogP contribution in [0.25, 0.3) is 0 Å². The maximum Gasteiger partial charge on any atom is 0.407 e. The molecule has 0 spiro atoms. The minimum atomic E-state index is -3.63. The maximum atomic E-state index is 15.0. The molecule has 13 heteroatoms. The Morgan fingerprint density at radius 2 is 1.71 bits per heavy atom. The number of halogens is 2. The zero-order valence-electron chi connectivity index (χ0n) is 32.1. The number of nitrogens with one attached hydrogen (secondary N) is 1. The van der Waals surface area contributed by atoms with Crippen LogP contribution in [0.2, 0.25) is 0 Å². The quantitative estimate of drug-likeness (QED) is 0.269. The number of rotatable bonds is 13. The smallest absolute Gasteiger partial charge is 0.407 e. The number of hydrogen-bond acceptors (Lipinski definition) is 8. The van der Waals surface area contributed by atoms with Crippen molar-refractivity contribution >= 4 is 27.5 Å². The van der Waals surface area contributed by atoms with Gasteiger partial charge in [0.15, 0.2) is 9.84 Å². The van der Waals surface area contributed by atoms with Gasteiger partial charge in [-0.25, -0.2) is 17.6 Å². The van der Waals surface area contributed by atoms with E-state index in [2.05, 4.69) is 32.7 Å². The molecule has 0 radical (unpaired) electrons. The van der Waals surface area contributed by atoms with Crippen LogP contribution in [0.15, 0.2) is 66.1 Å². The van der Waals surface area contributed by atoms with Crippen molar-refractivity contribution in [1.29, 1.82) is 0 Å². The van der Waals surface area contributed by atoms with E-state index in [0.29, 0.717) is 39.0 Å². The van der Waals surface area contributed by atoms with Crippen molar-refractivity contribution in [3.63, 3.8) is 0 Å². The number of nitrogens with zero attached hydrogens (tertiary/aromatic N) is 4. The lowest BCUT2D eigenvalue weighted by molar-refractivity contribution is -0.126. The van der Waals surface area contributed by atoms with E-state index in [1.165, 1.54) is 19.3 Å². The molecule has 4 atom stereocenters. The van der Waals surface area contributed by atoms with Gasteiger partial charge in [-0.05, 0) is 131 Å². The Kier molecular flexibility index (Phi) is 11.9. The molecule has 1 saturated carbocycles. The van der Waals surface area contributed by atoms with Gasteiger partial charge in [-0.15, -0.1) is 0 Å². The van der Waals surface area contributed by atoms with Crippen LogP contribution in [0.4, 0.5) is 19.3 Å². The molecule has 10 nitrogen and oxygen atoms in total. The van der Waals surface area contributed by atoms with Gasteiger partial charge in [0.2, 0.25) is 5.91 Å². The number of anilines is 1. The van der Waals surface area contributed by atoms with Crippen LogP contribution in [0, 0.1) is 23.1 Å². The number of benzene rings is 2. The van der Waals surface area contributed by atoms with Crippen molar-refractivity contribution in [3.05, 3.63) is 72.6 Å². The normalized spacial score (nSPS) is 26.1. The third-order valence-electron chi connectivity index (χ3n) is 13.5. The van der Waals surface area contributed by atoms with E-state index in [1.54, 1.807) is 23.1 Å². The van der Waals surface area contributed by atoms with Gasteiger partial charge in [0.25, 0.3) is 0 Å². The van der Waals surface area contributed by atoms with Crippen LogP contribution >= 0.6 is 0 Å². The Balaban J connectivity index is 1.02. The van der Waals surface area contributed by atoms with Crippen molar-refractivity contribution < 1.29 is 31.5 Å². The second kappa shape index (κ2) is 16.5. The Morgan fingerprint density at radius 3 is 2.35 bits per heavy atom. The summed E-state index contributed by atoms with van der Waals surface area (Å²) in [7, 11) is -2.23. The molecule has 4 saturated heterocycles. The second-order valence-electron chi connectivity index (χ2n) is 16.8. The Hall–Kier alpha value is -3.55. The number of piperidine rings is 2. The number of carbonyl (C=O) groups is 2. The number of amides is 2. The Bertz CT molecular complexity index is 1800. The summed E-state index contributed by atoms with van der Waals surface area (Å²) < 4.78 is 62.0. The number of methoxy groups -OCH3 is 1. The summed E-state index contributed by atoms with van der Waals surface area (Å²) >= 11 is 0. The predicted octanol–water partition coefficient (Wildman–Crippen LogP) is 5.43. The number of alkyl halides is 1. The molecule has 7 rings (SSSR count). The van der Waals surface area contributed by atoms with E-state index in [-0.39, 0.29) is 46.5 Å². The first kappa shape index (κ1) is 39.7. The van der Waals surface area contributed by atoms with Gasteiger partial charge in [-0.2, -0.15) is 0 Å². The summed E-state index contributed by atoms with van der Waals surface area (Å²) in [6.45, 7) is 9.99. The number of alkyl carbamates (subject to hydrolysis) is 1. The van der Waals surface area contributed by atoms with Gasteiger partial charge in [0.05, 0.1) is 23.9 Å². The summed E-state index contributed by atoms with van der Waals surface area (Å²) in [6, 6.07) is 14.0. The highest BCUT2D eigenvalue weighted by atomic mass is 32.2. The lowest BCUT2D eigenvalue weighted by Crippen LogP contribution is -2.63. The minimum absolute atomic E-state index is 0.0643. The lowest BCUT2D eigenvalue weighted by atomic mass is 9.57. The van der Waals surface area contributed by atoms with Crippen LogP contribution in [0.1, 0.15) is 56.9 Å². The third-order valence-corrected chi connectivity index (χ3v) is 15.7. The molecule has 2 aromatic carbocycles. The lowest BCUT2D eigenvalue weighted by Gasteiger charge is -2.55. The molecule has 4 aliphatic heterocycles. The Labute approximate surface area is 325 Å². The number of likely N-dealkylation sites (tertiary alicyclic amines) is 3. The third kappa shape index (κ3) is 8.03. The van der Waals surface area contributed by atoms with Crippen LogP contribution in [-0.2, 0) is 24.8 Å². The van der Waals surface area contributed by atoms with E-state index < -0.39 is 33.3 Å². The molecule has 0 aromatic heterocycles. The van der Waals surface area contributed by atoms with Crippen molar-refractivity contribution in [2.45, 2.75) is 73.0 Å². The molecule has 5 aliphatic rings. The molecule has 55 heavy (non-hydrogen) atoms. The first-order valence-electron chi connectivity index (χ1n) is 20.1. The largest absolute Gasteiger partial charge is 0.453 e. The minimum Gasteiger partial charge on any atom is -0.453 e. The predicted molar refractivity (Wildman–Crippen MR) is 209 cm³/mol. The highest BCUT2D eigenvalue weighted by molar-refractivity contribution is 7.92. The Morgan fingerprint density at radius 1 is 0.964 bits per heavy atom. The van der Waals surface area contributed by atoms with E-state index in [1.807, 2.05) is 18.2 Å². The van der Waals surface area contributed by atoms with Gasteiger partial charge < -0.3 is 29.7 Å². The first-order chi connectivity index (χ1) is 26.5. The molecule has 1 unspecified atom stereocenters. The number of carbonyl (C=O) groups excluding carboxylic acids is 2. The van der Waals surface area contributed by atoms with Crippen molar-refractivity contribution in [1.82, 2.24) is 20.0 Å². The van der Waals surface area contributed by atoms with E-state index in [9.17, 15) is 22.4 Å². The molecule has 1 aliphatic carbocycles. The zero-order valence-corrected chi connectivity index (χ0v) is 33.0. The molecular formula is C42H57F2N5O5S. The standard InChI is InChI=1S/C42H57F2N5O5S/c1-3-39(50)48-21-6-10-36(25-48)55(52,53)35-15-13-34(14-16-35)49-28-41(26-43,29-49)27-47-22-17-31(18-23-47)42(30-46-19-7-20-46,32-8-4-9-33(44)24-32)37-11-5-12-38(37)45-40(51)54-2/h3-4,8-9,13-16,24,31,36-38H,1,5-7,10-12,17-23,25-30H2,2H3,(H,45,51)/t36-,37+,38+,42?/m1/s1. The number of sulfone groups is 1. The molecule has 300 valence electrons. The molecule has 1 N–H and O–H groups in total. The molecule has 5 fully saturated rings. The topological polar surface area (TPSA) is 103 Å². The fourth-order valence-electron chi connectivity index (χ4n) is 10.6. The summed E-state index contributed by atoms with van der Waals surface area (Å²) in [5, 5.41) is 2.50. The molecule has 4 heterocycles. The molecular weight excluding hydrogens is 725 g/mol. The van der Waals surface area contributed by atoms with Gasteiger partial charge in [-0.1, -0.05) is 25.1 Å². The van der Waals surface area contributed by atoms with Crippen molar-refractivity contribution in [2.75, 3.05) is 84.1 Å². The number of ether oxygens (including phenoxy) is 1. The molecule has 2 aromatic rings. The van der Waals surface area contributed by atoms with Crippen LogP contribution in [0.3, 0.4) is 0 Å². The van der Waals surface area contributed by atoms with E-state index in [0.717, 1.165) is 82.5 Å². The number of hydrogen-bond donors (Lipinski definition) is 1. The van der Waals surface area contributed by atoms with Crippen molar-refractivity contribution in [2.24, 2.45) is 17.3 Å². The maximum absolute atomic E-state index is 15.0. The van der Waals surface area contributed by atoms with Crippen LogP contribution in [-0.4, -0.2) is 126 Å². The van der Waals surface area contributed by atoms with E-state index in [4.69, 9.17) is 4.74 Å². The monoisotopic (exact) mass is 781 g/mol. The van der Waals surface area contributed by atoms with Gasteiger partial charge in [0.1, 0.15) is 5.82 Å². The fourth-order valence-corrected chi connectivity index (χ4v) is 12.3. The average molecular weight is 782 g/mol. The molecule has 0 bridgehead atoms. The fraction of sp³-hybridized carbons (Fsp3) is 0.619. The molecule has 2 amide bonds. The SMILES string of the molecule is C=CC(=O)N1CCC[C@@H](S(=O)(=O)c2ccc(N3CC(CF)(CN4CCC(C(CN5CCC5)(c5cccc(F)c5)[C@H]5CCC[C@@H]5NC(=O)OC)CC4)C3)cc2)C1. The second-order valence-corrected chi connectivity index (χ2v) is 19.0. The van der Waals surface area contributed by atoms with Gasteiger partial charge in [-0.3, -0.25) is 9.18 Å². The average Bonchev–Trinajstić information content (AvgIpc) is 3.64. The highest BCUT2D eigenvalue weighted by Gasteiger charge is 2.54. The first-order valence-corrected chi connectivity index (χ1v) is 21.7. The van der Waals surface area contributed by atoms with Crippen LogP contribution < -0.4 is 10.2 Å². The summed E-state index contributed by atoms with van der Waals surface area (Å²) in [5.74, 6) is -0.112. The van der Waals surface area contributed by atoms with Crippen molar-refractivity contribution in [3.8, 4) is 0 Å². The summed E-state index contributed by atoms with van der Waals surface area (Å²) in [5.41, 5.74) is 1.00. The van der Waals surface area contributed by atoms with Crippen LogP contribution in [0.5, 0.6) is 0 Å². The highest BCUT2D eigenvalue weighted by Crippen LogP contribution is 2.52.